The molecule has 0 spiro atoms. The minimum atomic E-state index is -0.111. The summed E-state index contributed by atoms with van der Waals surface area (Å²) in [5, 5.41) is 3.32. The fourth-order valence-electron chi connectivity index (χ4n) is 2.21. The molecule has 0 aliphatic carbocycles. The molecule has 0 aromatic heterocycles. The number of hydrogen-bond donors (Lipinski definition) is 1. The van der Waals surface area contributed by atoms with Crippen LogP contribution in [-0.4, -0.2) is 18.7 Å². The maximum atomic E-state index is 11.7. The molecule has 1 amide bonds. The number of halogens is 1. The molecule has 0 saturated heterocycles. The lowest BCUT2D eigenvalue weighted by atomic mass is 10.1. The lowest BCUT2D eigenvalue weighted by Gasteiger charge is -2.06. The zero-order valence-electron chi connectivity index (χ0n) is 11.6. The van der Waals surface area contributed by atoms with Crippen LogP contribution in [0.2, 0.25) is 5.02 Å². The molecule has 1 aliphatic heterocycles. The molecule has 2 aromatic carbocycles. The SMILES string of the molecule is CNC(=O)c1ccc2c(c1)N=C(C)c1cc(Cl)ccc1S2. The van der Waals surface area contributed by atoms with E-state index in [4.69, 9.17) is 11.6 Å². The van der Waals surface area contributed by atoms with Crippen LogP contribution >= 0.6 is 23.4 Å². The average molecular weight is 317 g/mol. The van der Waals surface area contributed by atoms with E-state index < -0.39 is 0 Å². The van der Waals surface area contributed by atoms with Gasteiger partial charge in [-0.05, 0) is 43.3 Å². The Morgan fingerprint density at radius 1 is 1.19 bits per heavy atom. The van der Waals surface area contributed by atoms with E-state index in [9.17, 15) is 4.79 Å². The molecule has 2 aromatic rings. The zero-order valence-corrected chi connectivity index (χ0v) is 13.2. The number of benzene rings is 2. The molecule has 1 heterocycles. The van der Waals surface area contributed by atoms with Gasteiger partial charge in [0, 0.05) is 38.7 Å². The molecule has 0 fully saturated rings. The van der Waals surface area contributed by atoms with Crippen LogP contribution in [0.3, 0.4) is 0 Å². The van der Waals surface area contributed by atoms with Gasteiger partial charge in [0.2, 0.25) is 0 Å². The van der Waals surface area contributed by atoms with E-state index >= 15 is 0 Å². The first-order chi connectivity index (χ1) is 10.1. The Kier molecular flexibility index (Phi) is 3.74. The highest BCUT2D eigenvalue weighted by molar-refractivity contribution is 7.99. The van der Waals surface area contributed by atoms with Crippen LogP contribution in [0.4, 0.5) is 5.69 Å². The number of nitrogens with one attached hydrogen (secondary N) is 1. The van der Waals surface area contributed by atoms with Gasteiger partial charge < -0.3 is 5.32 Å². The minimum Gasteiger partial charge on any atom is -0.355 e. The largest absolute Gasteiger partial charge is 0.355 e. The van der Waals surface area contributed by atoms with Crippen LogP contribution in [0, 0.1) is 0 Å². The average Bonchev–Trinajstić information content (AvgIpc) is 2.62. The van der Waals surface area contributed by atoms with Gasteiger partial charge >= 0.3 is 0 Å². The van der Waals surface area contributed by atoms with Crippen molar-refractivity contribution < 1.29 is 4.79 Å². The molecule has 0 bridgehead atoms. The van der Waals surface area contributed by atoms with E-state index in [0.29, 0.717) is 10.6 Å². The van der Waals surface area contributed by atoms with E-state index in [-0.39, 0.29) is 5.91 Å². The van der Waals surface area contributed by atoms with Crippen LogP contribution in [0.5, 0.6) is 0 Å². The highest BCUT2D eigenvalue weighted by atomic mass is 35.5. The molecule has 3 nitrogen and oxygen atoms in total. The second-order valence-electron chi connectivity index (χ2n) is 4.70. The number of amides is 1. The summed E-state index contributed by atoms with van der Waals surface area (Å²) in [7, 11) is 1.62. The number of carbonyl (C=O) groups is 1. The van der Waals surface area contributed by atoms with E-state index in [1.165, 1.54) is 0 Å². The summed E-state index contributed by atoms with van der Waals surface area (Å²) < 4.78 is 0. The minimum absolute atomic E-state index is 0.111. The lowest BCUT2D eigenvalue weighted by Crippen LogP contribution is -2.17. The van der Waals surface area contributed by atoms with Gasteiger partial charge in [-0.25, -0.2) is 0 Å². The first-order valence-corrected chi connectivity index (χ1v) is 7.67. The maximum Gasteiger partial charge on any atom is 0.251 e. The van der Waals surface area contributed by atoms with Gasteiger partial charge in [0.15, 0.2) is 0 Å². The molecule has 0 radical (unpaired) electrons. The summed E-state index contributed by atoms with van der Waals surface area (Å²) in [4.78, 5) is 18.6. The quantitative estimate of drug-likeness (QED) is 0.852. The predicted molar refractivity (Wildman–Crippen MR) is 87.3 cm³/mol. The Balaban J connectivity index is 2.13. The predicted octanol–water partition coefficient (Wildman–Crippen LogP) is 4.30. The van der Waals surface area contributed by atoms with Crippen molar-refractivity contribution in [2.45, 2.75) is 16.7 Å². The molecule has 1 N–H and O–H groups in total. The van der Waals surface area contributed by atoms with Crippen molar-refractivity contribution in [1.82, 2.24) is 5.32 Å². The van der Waals surface area contributed by atoms with E-state index in [2.05, 4.69) is 10.3 Å². The molecule has 0 saturated carbocycles. The van der Waals surface area contributed by atoms with Crippen molar-refractivity contribution in [2.75, 3.05) is 7.05 Å². The van der Waals surface area contributed by atoms with Crippen molar-refractivity contribution in [3.05, 3.63) is 52.5 Å². The zero-order chi connectivity index (χ0) is 15.0. The van der Waals surface area contributed by atoms with E-state index in [1.807, 2.05) is 43.3 Å². The number of nitrogens with zero attached hydrogens (tertiary/aromatic N) is 1. The summed E-state index contributed by atoms with van der Waals surface area (Å²) in [6.07, 6.45) is 0. The summed E-state index contributed by atoms with van der Waals surface area (Å²) in [5.41, 5.74) is 3.35. The Labute approximate surface area is 132 Å². The maximum absolute atomic E-state index is 11.7. The fraction of sp³-hybridized carbons (Fsp3) is 0.125. The molecule has 21 heavy (non-hydrogen) atoms. The monoisotopic (exact) mass is 316 g/mol. The molecule has 106 valence electrons. The van der Waals surface area contributed by atoms with Gasteiger partial charge in [-0.2, -0.15) is 0 Å². The van der Waals surface area contributed by atoms with Crippen molar-refractivity contribution >= 4 is 40.7 Å². The second-order valence-corrected chi connectivity index (χ2v) is 6.22. The third-order valence-corrected chi connectivity index (χ3v) is 4.66. The molecule has 3 rings (SSSR count). The van der Waals surface area contributed by atoms with Crippen LogP contribution in [-0.2, 0) is 0 Å². The topological polar surface area (TPSA) is 41.5 Å². The summed E-state index contributed by atoms with van der Waals surface area (Å²) in [5.74, 6) is -0.111. The lowest BCUT2D eigenvalue weighted by molar-refractivity contribution is 0.0963. The number of rotatable bonds is 1. The number of hydrogen-bond acceptors (Lipinski definition) is 3. The molecule has 0 unspecified atom stereocenters. The molecule has 1 aliphatic rings. The first kappa shape index (κ1) is 14.2. The third kappa shape index (κ3) is 2.69. The second kappa shape index (κ2) is 5.54. The Morgan fingerprint density at radius 2 is 1.95 bits per heavy atom. The van der Waals surface area contributed by atoms with Crippen molar-refractivity contribution in [1.29, 1.82) is 0 Å². The standard InChI is InChI=1S/C16H13ClN2OS/c1-9-12-8-11(17)4-6-14(12)21-15-5-3-10(16(20)18-2)7-13(15)19-9/h3-8H,1-2H3,(H,18,20). The first-order valence-electron chi connectivity index (χ1n) is 6.47. The molecule has 5 heteroatoms. The van der Waals surface area contributed by atoms with Crippen LogP contribution in [0.15, 0.2) is 51.2 Å². The number of fused-ring (bicyclic) bond motifs is 2. The van der Waals surface area contributed by atoms with Crippen LogP contribution in [0.1, 0.15) is 22.8 Å². The fourth-order valence-corrected chi connectivity index (χ4v) is 3.42. The smallest absolute Gasteiger partial charge is 0.251 e. The summed E-state index contributed by atoms with van der Waals surface area (Å²) in [6.45, 7) is 1.96. The Bertz CT molecular complexity index is 771. The Morgan fingerprint density at radius 3 is 2.71 bits per heavy atom. The summed E-state index contributed by atoms with van der Waals surface area (Å²) >= 11 is 7.71. The van der Waals surface area contributed by atoms with E-state index in [1.54, 1.807) is 18.8 Å². The highest BCUT2D eigenvalue weighted by Gasteiger charge is 2.16. The van der Waals surface area contributed by atoms with Gasteiger partial charge in [0.25, 0.3) is 5.91 Å². The number of aliphatic imine (C=N–C) groups is 1. The van der Waals surface area contributed by atoms with Crippen LogP contribution in [0.25, 0.3) is 0 Å². The van der Waals surface area contributed by atoms with E-state index in [0.717, 1.165) is 26.8 Å². The van der Waals surface area contributed by atoms with Gasteiger partial charge in [-0.1, -0.05) is 23.4 Å². The van der Waals surface area contributed by atoms with Gasteiger partial charge in [-0.15, -0.1) is 0 Å². The highest BCUT2D eigenvalue weighted by Crippen LogP contribution is 2.41. The molecule has 0 atom stereocenters. The molecular formula is C16H13ClN2OS. The molecular weight excluding hydrogens is 304 g/mol. The van der Waals surface area contributed by atoms with Crippen molar-refractivity contribution in [3.8, 4) is 0 Å². The number of carbonyl (C=O) groups excluding carboxylic acids is 1. The third-order valence-electron chi connectivity index (χ3n) is 3.29. The Hall–Kier alpha value is -1.78. The summed E-state index contributed by atoms with van der Waals surface area (Å²) in [6, 6.07) is 11.4. The van der Waals surface area contributed by atoms with Gasteiger partial charge in [0.05, 0.1) is 5.69 Å². The van der Waals surface area contributed by atoms with Crippen molar-refractivity contribution in [3.63, 3.8) is 0 Å². The normalized spacial score (nSPS) is 12.8. The van der Waals surface area contributed by atoms with Crippen molar-refractivity contribution in [2.24, 2.45) is 4.99 Å². The van der Waals surface area contributed by atoms with Gasteiger partial charge in [0.1, 0.15) is 0 Å². The van der Waals surface area contributed by atoms with Crippen LogP contribution < -0.4 is 5.32 Å². The van der Waals surface area contributed by atoms with Gasteiger partial charge in [-0.3, -0.25) is 9.79 Å².